The molecule has 5 heteroatoms. The summed E-state index contributed by atoms with van der Waals surface area (Å²) in [4.78, 5) is 0. The van der Waals surface area contributed by atoms with Crippen LogP contribution in [0.1, 0.15) is 22.7 Å². The topological polar surface area (TPSA) is 38.0 Å². The van der Waals surface area contributed by atoms with Gasteiger partial charge in [-0.2, -0.15) is 0 Å². The van der Waals surface area contributed by atoms with E-state index in [4.69, 9.17) is 29.0 Å². The summed E-state index contributed by atoms with van der Waals surface area (Å²) in [5, 5.41) is 1.14. The normalized spacial score (nSPS) is 12.4. The number of hydrazine groups is 1. The van der Waals surface area contributed by atoms with Gasteiger partial charge < -0.3 is 0 Å². The maximum atomic E-state index is 6.06. The highest BCUT2D eigenvalue weighted by Gasteiger charge is 2.15. The first-order valence-electron chi connectivity index (χ1n) is 6.18. The monoisotopic (exact) mass is 420 g/mol. The molecule has 0 radical (unpaired) electrons. The molecule has 0 aliphatic heterocycles. The summed E-state index contributed by atoms with van der Waals surface area (Å²) in [6.07, 6.45) is 0.757. The van der Waals surface area contributed by atoms with Crippen molar-refractivity contribution in [1.82, 2.24) is 5.43 Å². The number of nitrogens with two attached hydrogens (primary N) is 1. The predicted octanol–water partition coefficient (Wildman–Crippen LogP) is 4.65. The fraction of sp³-hybridized carbons (Fsp3) is 0.200. The zero-order chi connectivity index (χ0) is 14.7. The second-order valence-corrected chi connectivity index (χ2v) is 6.54. The number of hydrogen-bond donors (Lipinski definition) is 2. The lowest BCUT2D eigenvalue weighted by Crippen LogP contribution is -2.30. The van der Waals surface area contributed by atoms with Gasteiger partial charge in [0.2, 0.25) is 0 Å². The Balaban J connectivity index is 2.28. The Kier molecular flexibility index (Phi) is 5.69. The number of rotatable bonds is 4. The fourth-order valence-electron chi connectivity index (χ4n) is 2.10. The molecule has 0 saturated heterocycles. The molecular formula is C15H15Cl2IN2. The third-order valence-electron chi connectivity index (χ3n) is 3.22. The molecule has 0 heterocycles. The number of aryl methyl sites for hydroxylation is 1. The molecule has 0 bridgehead atoms. The molecule has 0 amide bonds. The maximum absolute atomic E-state index is 6.06. The standard InChI is InChI=1S/C15H15Cl2IN2/c1-9-3-2-4-11(15(9)18)14(20-19)8-10-5-6-12(16)13(17)7-10/h2-7,14,20H,8,19H2,1H3. The summed E-state index contributed by atoms with van der Waals surface area (Å²) < 4.78 is 1.23. The second-order valence-electron chi connectivity index (χ2n) is 4.65. The minimum Gasteiger partial charge on any atom is -0.271 e. The van der Waals surface area contributed by atoms with Crippen LogP contribution < -0.4 is 11.3 Å². The summed E-state index contributed by atoms with van der Waals surface area (Å²) in [5.74, 6) is 5.73. The molecule has 2 aromatic carbocycles. The van der Waals surface area contributed by atoms with E-state index in [0.717, 1.165) is 12.0 Å². The van der Waals surface area contributed by atoms with Gasteiger partial charge in [-0.3, -0.25) is 11.3 Å². The Labute approximate surface area is 142 Å². The lowest BCUT2D eigenvalue weighted by atomic mass is 9.98. The van der Waals surface area contributed by atoms with Crippen LogP contribution in [0.4, 0.5) is 0 Å². The van der Waals surface area contributed by atoms with Crippen LogP contribution in [-0.4, -0.2) is 0 Å². The van der Waals surface area contributed by atoms with Crippen LogP contribution in [0.2, 0.25) is 10.0 Å². The van der Waals surface area contributed by atoms with Gasteiger partial charge in [-0.1, -0.05) is 47.5 Å². The molecule has 1 unspecified atom stereocenters. The fourth-order valence-corrected chi connectivity index (χ4v) is 3.16. The van der Waals surface area contributed by atoms with Gasteiger partial charge in [0.25, 0.3) is 0 Å². The van der Waals surface area contributed by atoms with E-state index in [1.54, 1.807) is 0 Å². The van der Waals surface area contributed by atoms with Crippen LogP contribution in [0.3, 0.4) is 0 Å². The zero-order valence-corrected chi connectivity index (χ0v) is 14.6. The lowest BCUT2D eigenvalue weighted by Gasteiger charge is -2.19. The van der Waals surface area contributed by atoms with Gasteiger partial charge in [-0.15, -0.1) is 0 Å². The molecular weight excluding hydrogens is 406 g/mol. The van der Waals surface area contributed by atoms with E-state index in [-0.39, 0.29) is 6.04 Å². The van der Waals surface area contributed by atoms with Crippen molar-refractivity contribution < 1.29 is 0 Å². The molecule has 0 aliphatic carbocycles. The Morgan fingerprint density at radius 3 is 2.60 bits per heavy atom. The van der Waals surface area contributed by atoms with Crippen molar-refractivity contribution in [3.63, 3.8) is 0 Å². The molecule has 20 heavy (non-hydrogen) atoms. The van der Waals surface area contributed by atoms with E-state index in [2.05, 4.69) is 47.1 Å². The Morgan fingerprint density at radius 2 is 1.95 bits per heavy atom. The Bertz CT molecular complexity index is 617. The van der Waals surface area contributed by atoms with Gasteiger partial charge in [0.15, 0.2) is 0 Å². The molecule has 2 nitrogen and oxygen atoms in total. The molecule has 0 spiro atoms. The lowest BCUT2D eigenvalue weighted by molar-refractivity contribution is 0.549. The number of halogens is 3. The highest BCUT2D eigenvalue weighted by Crippen LogP contribution is 2.28. The predicted molar refractivity (Wildman–Crippen MR) is 94.1 cm³/mol. The van der Waals surface area contributed by atoms with E-state index in [9.17, 15) is 0 Å². The Morgan fingerprint density at radius 1 is 1.20 bits per heavy atom. The summed E-state index contributed by atoms with van der Waals surface area (Å²) in [5.41, 5.74) is 6.43. The van der Waals surface area contributed by atoms with Gasteiger partial charge in [-0.25, -0.2) is 0 Å². The number of nitrogens with one attached hydrogen (secondary N) is 1. The van der Waals surface area contributed by atoms with Crippen molar-refractivity contribution in [3.05, 3.63) is 66.7 Å². The summed E-state index contributed by atoms with van der Waals surface area (Å²) in [6.45, 7) is 2.10. The molecule has 106 valence electrons. The summed E-state index contributed by atoms with van der Waals surface area (Å²) in [6, 6.07) is 12.0. The molecule has 3 N–H and O–H groups in total. The van der Waals surface area contributed by atoms with Crippen LogP contribution in [0.5, 0.6) is 0 Å². The quantitative estimate of drug-likeness (QED) is 0.429. The van der Waals surface area contributed by atoms with Crippen molar-refractivity contribution in [2.45, 2.75) is 19.4 Å². The smallest absolute Gasteiger partial charge is 0.0595 e. The van der Waals surface area contributed by atoms with Gasteiger partial charge >= 0.3 is 0 Å². The van der Waals surface area contributed by atoms with Crippen molar-refractivity contribution in [1.29, 1.82) is 0 Å². The van der Waals surface area contributed by atoms with Crippen molar-refractivity contribution >= 4 is 45.8 Å². The third kappa shape index (κ3) is 3.65. The number of hydrogen-bond acceptors (Lipinski definition) is 2. The van der Waals surface area contributed by atoms with E-state index in [0.29, 0.717) is 10.0 Å². The van der Waals surface area contributed by atoms with Gasteiger partial charge in [0.05, 0.1) is 16.1 Å². The molecule has 1 atom stereocenters. The molecule has 0 aromatic heterocycles. The van der Waals surface area contributed by atoms with Gasteiger partial charge in [-0.05, 0) is 64.8 Å². The number of benzene rings is 2. The SMILES string of the molecule is Cc1cccc(C(Cc2ccc(Cl)c(Cl)c2)NN)c1I. The largest absolute Gasteiger partial charge is 0.271 e. The second kappa shape index (κ2) is 7.09. The minimum absolute atomic E-state index is 0.0408. The van der Waals surface area contributed by atoms with Crippen molar-refractivity contribution in [3.8, 4) is 0 Å². The van der Waals surface area contributed by atoms with Crippen molar-refractivity contribution in [2.75, 3.05) is 0 Å². The summed E-state index contributed by atoms with van der Waals surface area (Å²) >= 11 is 14.4. The van der Waals surface area contributed by atoms with Gasteiger partial charge in [0.1, 0.15) is 0 Å². The van der Waals surface area contributed by atoms with Crippen LogP contribution in [-0.2, 0) is 6.42 Å². The maximum Gasteiger partial charge on any atom is 0.0595 e. The van der Waals surface area contributed by atoms with Gasteiger partial charge in [0, 0.05) is 3.57 Å². The van der Waals surface area contributed by atoms with E-state index >= 15 is 0 Å². The molecule has 0 aliphatic rings. The van der Waals surface area contributed by atoms with Crippen LogP contribution >= 0.6 is 45.8 Å². The minimum atomic E-state index is 0.0408. The Hall–Kier alpha value is -0.330. The van der Waals surface area contributed by atoms with E-state index < -0.39 is 0 Å². The highest BCUT2D eigenvalue weighted by molar-refractivity contribution is 14.1. The highest BCUT2D eigenvalue weighted by atomic mass is 127. The van der Waals surface area contributed by atoms with Crippen molar-refractivity contribution in [2.24, 2.45) is 5.84 Å². The van der Waals surface area contributed by atoms with Crippen LogP contribution in [0.15, 0.2) is 36.4 Å². The molecule has 0 fully saturated rings. The zero-order valence-electron chi connectivity index (χ0n) is 11.0. The third-order valence-corrected chi connectivity index (χ3v) is 5.43. The first-order valence-corrected chi connectivity index (χ1v) is 8.01. The van der Waals surface area contributed by atoms with E-state index in [1.807, 2.05) is 24.3 Å². The van der Waals surface area contributed by atoms with Crippen LogP contribution in [0.25, 0.3) is 0 Å². The van der Waals surface area contributed by atoms with E-state index in [1.165, 1.54) is 14.7 Å². The molecule has 0 saturated carbocycles. The average Bonchev–Trinajstić information content (AvgIpc) is 2.43. The molecule has 2 aromatic rings. The summed E-state index contributed by atoms with van der Waals surface area (Å²) in [7, 11) is 0. The first-order chi connectivity index (χ1) is 9.52. The molecule has 2 rings (SSSR count). The first kappa shape index (κ1) is 16.0. The van der Waals surface area contributed by atoms with Crippen LogP contribution in [0, 0.1) is 10.5 Å². The average molecular weight is 421 g/mol.